The van der Waals surface area contributed by atoms with Gasteiger partial charge in [0.25, 0.3) is 0 Å². The molecule has 2 heterocycles. The summed E-state index contributed by atoms with van der Waals surface area (Å²) in [5, 5.41) is 12.2. The lowest BCUT2D eigenvalue weighted by atomic mass is 10.2. The number of aryl methyl sites for hydroxylation is 3. The average molecular weight is 261 g/mol. The Labute approximate surface area is 114 Å². The van der Waals surface area contributed by atoms with Gasteiger partial charge in [0.2, 0.25) is 0 Å². The van der Waals surface area contributed by atoms with E-state index in [1.54, 1.807) is 0 Å². The second-order valence-electron chi connectivity index (χ2n) is 4.74. The maximum Gasteiger partial charge on any atom is 0.0638 e. The first-order valence-electron chi connectivity index (χ1n) is 6.99. The zero-order valence-electron chi connectivity index (χ0n) is 12.1. The highest BCUT2D eigenvalue weighted by Gasteiger charge is 2.05. The average Bonchev–Trinajstić information content (AvgIpc) is 2.98. The standard InChI is InChI=1S/C14H23N5/c1-4-8-19-14(6-7-16-19)10-15-9-13-11-18(5-2)17-12(13)3/h6-7,11,15H,4-5,8-10H2,1-3H3. The van der Waals surface area contributed by atoms with Crippen molar-refractivity contribution in [1.29, 1.82) is 0 Å². The fourth-order valence-electron chi connectivity index (χ4n) is 2.14. The van der Waals surface area contributed by atoms with Crippen molar-refractivity contribution < 1.29 is 0 Å². The van der Waals surface area contributed by atoms with Crippen LogP contribution in [-0.4, -0.2) is 19.6 Å². The quantitative estimate of drug-likeness (QED) is 0.830. The minimum atomic E-state index is 0.844. The molecule has 5 nitrogen and oxygen atoms in total. The maximum atomic E-state index is 4.45. The van der Waals surface area contributed by atoms with Crippen LogP contribution in [0.2, 0.25) is 0 Å². The summed E-state index contributed by atoms with van der Waals surface area (Å²) in [6, 6.07) is 2.07. The first-order valence-corrected chi connectivity index (χ1v) is 6.99. The number of nitrogens with zero attached hydrogens (tertiary/aromatic N) is 4. The van der Waals surface area contributed by atoms with Crippen LogP contribution in [0, 0.1) is 6.92 Å². The largest absolute Gasteiger partial charge is 0.307 e. The molecule has 0 fully saturated rings. The van der Waals surface area contributed by atoms with Gasteiger partial charge in [-0.05, 0) is 26.3 Å². The van der Waals surface area contributed by atoms with Crippen LogP contribution in [0.1, 0.15) is 37.2 Å². The molecule has 0 aliphatic rings. The van der Waals surface area contributed by atoms with Crippen LogP contribution < -0.4 is 5.32 Å². The first kappa shape index (κ1) is 13.8. The van der Waals surface area contributed by atoms with Crippen molar-refractivity contribution in [1.82, 2.24) is 24.9 Å². The van der Waals surface area contributed by atoms with Gasteiger partial charge < -0.3 is 5.32 Å². The molecule has 0 aliphatic carbocycles. The Hall–Kier alpha value is -1.62. The molecule has 0 amide bonds. The molecular weight excluding hydrogens is 238 g/mol. The lowest BCUT2D eigenvalue weighted by molar-refractivity contribution is 0.549. The fraction of sp³-hybridized carbons (Fsp3) is 0.571. The molecule has 0 atom stereocenters. The van der Waals surface area contributed by atoms with E-state index in [4.69, 9.17) is 0 Å². The van der Waals surface area contributed by atoms with Gasteiger partial charge >= 0.3 is 0 Å². The lowest BCUT2D eigenvalue weighted by Gasteiger charge is -2.07. The van der Waals surface area contributed by atoms with Crippen molar-refractivity contribution in [3.8, 4) is 0 Å². The third-order valence-electron chi connectivity index (χ3n) is 3.23. The smallest absolute Gasteiger partial charge is 0.0638 e. The van der Waals surface area contributed by atoms with Crippen LogP contribution in [0.4, 0.5) is 0 Å². The predicted octanol–water partition coefficient (Wildman–Crippen LogP) is 2.11. The summed E-state index contributed by atoms with van der Waals surface area (Å²) >= 11 is 0. The van der Waals surface area contributed by atoms with Crippen LogP contribution in [0.25, 0.3) is 0 Å². The topological polar surface area (TPSA) is 47.7 Å². The van der Waals surface area contributed by atoms with Gasteiger partial charge in [0.1, 0.15) is 0 Å². The third kappa shape index (κ3) is 3.44. The number of hydrogen-bond acceptors (Lipinski definition) is 3. The third-order valence-corrected chi connectivity index (χ3v) is 3.23. The molecule has 0 unspecified atom stereocenters. The Balaban J connectivity index is 1.88. The highest BCUT2D eigenvalue weighted by molar-refractivity contribution is 5.15. The number of rotatable bonds is 7. The Morgan fingerprint density at radius 3 is 2.79 bits per heavy atom. The molecule has 0 aromatic carbocycles. The maximum absolute atomic E-state index is 4.45. The summed E-state index contributed by atoms with van der Waals surface area (Å²) in [5.41, 5.74) is 3.61. The van der Waals surface area contributed by atoms with Crippen LogP contribution in [0.15, 0.2) is 18.5 Å². The summed E-state index contributed by atoms with van der Waals surface area (Å²) in [7, 11) is 0. The molecule has 2 rings (SSSR count). The molecule has 0 spiro atoms. The molecule has 2 aromatic rings. The zero-order valence-corrected chi connectivity index (χ0v) is 12.1. The van der Waals surface area contributed by atoms with E-state index in [1.165, 1.54) is 11.3 Å². The van der Waals surface area contributed by atoms with E-state index in [1.807, 2.05) is 10.9 Å². The molecule has 0 aliphatic heterocycles. The van der Waals surface area contributed by atoms with E-state index in [0.29, 0.717) is 0 Å². The second-order valence-corrected chi connectivity index (χ2v) is 4.74. The van der Waals surface area contributed by atoms with E-state index in [9.17, 15) is 0 Å². The van der Waals surface area contributed by atoms with Gasteiger partial charge in [0.05, 0.1) is 11.4 Å². The van der Waals surface area contributed by atoms with Gasteiger partial charge in [0, 0.05) is 44.1 Å². The molecule has 19 heavy (non-hydrogen) atoms. The Morgan fingerprint density at radius 1 is 1.26 bits per heavy atom. The molecular formula is C14H23N5. The van der Waals surface area contributed by atoms with Crippen LogP contribution in [0.3, 0.4) is 0 Å². The normalized spacial score (nSPS) is 11.1. The number of nitrogens with one attached hydrogen (secondary N) is 1. The molecule has 0 saturated carbocycles. The van der Waals surface area contributed by atoms with Gasteiger partial charge in [-0.1, -0.05) is 6.92 Å². The van der Waals surface area contributed by atoms with E-state index in [2.05, 4.69) is 53.2 Å². The lowest BCUT2D eigenvalue weighted by Crippen LogP contribution is -2.16. The fourth-order valence-corrected chi connectivity index (χ4v) is 2.14. The highest BCUT2D eigenvalue weighted by atomic mass is 15.3. The van der Waals surface area contributed by atoms with Crippen molar-refractivity contribution in [2.24, 2.45) is 0 Å². The molecule has 0 radical (unpaired) electrons. The SMILES string of the molecule is CCCn1nccc1CNCc1cn(CC)nc1C. The van der Waals surface area contributed by atoms with Crippen LogP contribution in [0.5, 0.6) is 0 Å². The monoisotopic (exact) mass is 261 g/mol. The summed E-state index contributed by atoms with van der Waals surface area (Å²) in [6.45, 7) is 9.93. The van der Waals surface area contributed by atoms with E-state index >= 15 is 0 Å². The highest BCUT2D eigenvalue weighted by Crippen LogP contribution is 2.06. The summed E-state index contributed by atoms with van der Waals surface area (Å²) in [4.78, 5) is 0. The van der Waals surface area contributed by atoms with Gasteiger partial charge in [-0.15, -0.1) is 0 Å². The van der Waals surface area contributed by atoms with Crippen molar-refractivity contribution >= 4 is 0 Å². The first-order chi connectivity index (χ1) is 9.24. The summed E-state index contributed by atoms with van der Waals surface area (Å²) < 4.78 is 4.04. The van der Waals surface area contributed by atoms with E-state index in [-0.39, 0.29) is 0 Å². The van der Waals surface area contributed by atoms with Crippen molar-refractivity contribution in [2.75, 3.05) is 0 Å². The minimum Gasteiger partial charge on any atom is -0.307 e. The Kier molecular flexibility index (Phi) is 4.74. The van der Waals surface area contributed by atoms with Gasteiger partial charge in [-0.25, -0.2) is 0 Å². The predicted molar refractivity (Wildman–Crippen MR) is 75.7 cm³/mol. The molecule has 5 heteroatoms. The molecule has 1 N–H and O–H groups in total. The number of aromatic nitrogens is 4. The number of hydrogen-bond donors (Lipinski definition) is 1. The molecule has 0 bridgehead atoms. The van der Waals surface area contributed by atoms with Gasteiger partial charge in [0.15, 0.2) is 0 Å². The second kappa shape index (κ2) is 6.52. The van der Waals surface area contributed by atoms with Gasteiger partial charge in [-0.2, -0.15) is 10.2 Å². The molecule has 2 aromatic heterocycles. The Morgan fingerprint density at radius 2 is 2.11 bits per heavy atom. The van der Waals surface area contributed by atoms with E-state index in [0.717, 1.165) is 38.3 Å². The molecule has 0 saturated heterocycles. The van der Waals surface area contributed by atoms with Crippen molar-refractivity contribution in [2.45, 2.75) is 53.4 Å². The van der Waals surface area contributed by atoms with Crippen molar-refractivity contribution in [3.63, 3.8) is 0 Å². The van der Waals surface area contributed by atoms with Gasteiger partial charge in [-0.3, -0.25) is 9.36 Å². The minimum absolute atomic E-state index is 0.844. The van der Waals surface area contributed by atoms with Crippen LogP contribution >= 0.6 is 0 Å². The summed E-state index contributed by atoms with van der Waals surface area (Å²) in [5.74, 6) is 0. The molecule has 104 valence electrons. The zero-order chi connectivity index (χ0) is 13.7. The van der Waals surface area contributed by atoms with Crippen LogP contribution in [-0.2, 0) is 26.2 Å². The summed E-state index contributed by atoms with van der Waals surface area (Å²) in [6.07, 6.45) is 5.09. The van der Waals surface area contributed by atoms with E-state index < -0.39 is 0 Å². The van der Waals surface area contributed by atoms with Crippen molar-refractivity contribution in [3.05, 3.63) is 35.4 Å². The Bertz CT molecular complexity index is 512.